The second-order valence-electron chi connectivity index (χ2n) is 3.91. The number of rotatable bonds is 4. The maximum absolute atomic E-state index is 11.1. The number of hydrogen-bond acceptors (Lipinski definition) is 3. The zero-order chi connectivity index (χ0) is 10.8. The van der Waals surface area contributed by atoms with Crippen LogP contribution in [-0.4, -0.2) is 36.7 Å². The van der Waals surface area contributed by atoms with E-state index in [9.17, 15) is 9.59 Å². The van der Waals surface area contributed by atoms with Gasteiger partial charge in [0.2, 0.25) is 5.91 Å². The normalized spacial score (nSPS) is 31.6. The van der Waals surface area contributed by atoms with Crippen molar-refractivity contribution in [3.63, 3.8) is 0 Å². The highest BCUT2D eigenvalue weighted by molar-refractivity contribution is 5.89. The summed E-state index contributed by atoms with van der Waals surface area (Å²) in [7, 11) is 1.56. The molecule has 2 unspecified atom stereocenters. The molecule has 0 saturated carbocycles. The maximum atomic E-state index is 11.1. The lowest BCUT2D eigenvalue weighted by Crippen LogP contribution is -2.42. The van der Waals surface area contributed by atoms with Crippen LogP contribution >= 0.6 is 0 Å². The van der Waals surface area contributed by atoms with E-state index in [1.165, 1.54) is 0 Å². The molecule has 2 atom stereocenters. The Morgan fingerprint density at radius 3 is 2.93 bits per heavy atom. The van der Waals surface area contributed by atoms with Gasteiger partial charge in [0.15, 0.2) is 0 Å². The van der Waals surface area contributed by atoms with Crippen molar-refractivity contribution < 1.29 is 19.4 Å². The summed E-state index contributed by atoms with van der Waals surface area (Å²) in [5, 5.41) is 11.4. The molecule has 5 heteroatoms. The number of ether oxygens (including phenoxy) is 1. The molecular weight excluding hydrogens is 186 g/mol. The third kappa shape index (κ3) is 2.04. The molecule has 0 aromatic carbocycles. The summed E-state index contributed by atoms with van der Waals surface area (Å²) in [6.45, 7) is 2.26. The fourth-order valence-corrected chi connectivity index (χ4v) is 1.78. The van der Waals surface area contributed by atoms with Gasteiger partial charge < -0.3 is 15.2 Å². The highest BCUT2D eigenvalue weighted by Gasteiger charge is 2.46. The van der Waals surface area contributed by atoms with Crippen LogP contribution < -0.4 is 5.32 Å². The lowest BCUT2D eigenvalue weighted by molar-refractivity contribution is -0.142. The summed E-state index contributed by atoms with van der Waals surface area (Å²) in [4.78, 5) is 22.0. The van der Waals surface area contributed by atoms with E-state index in [1.54, 1.807) is 14.0 Å². The van der Waals surface area contributed by atoms with Gasteiger partial charge in [0.1, 0.15) is 6.04 Å². The summed E-state index contributed by atoms with van der Waals surface area (Å²) in [6.07, 6.45) is 0.826. The van der Waals surface area contributed by atoms with Crippen LogP contribution in [0.3, 0.4) is 0 Å². The molecule has 1 heterocycles. The number of carboxylic acid groups (broad SMARTS) is 1. The van der Waals surface area contributed by atoms with E-state index in [4.69, 9.17) is 9.84 Å². The Hall–Kier alpha value is -1.10. The fourth-order valence-electron chi connectivity index (χ4n) is 1.78. The number of hydrogen-bond donors (Lipinski definition) is 2. The van der Waals surface area contributed by atoms with Gasteiger partial charge in [-0.1, -0.05) is 6.92 Å². The molecule has 1 saturated heterocycles. The van der Waals surface area contributed by atoms with Gasteiger partial charge in [-0.05, 0) is 6.42 Å². The number of methoxy groups -OCH3 is 1. The third-order valence-corrected chi connectivity index (χ3v) is 2.69. The van der Waals surface area contributed by atoms with Gasteiger partial charge in [-0.2, -0.15) is 0 Å². The largest absolute Gasteiger partial charge is 0.480 e. The quantitative estimate of drug-likeness (QED) is 0.671. The molecule has 80 valence electrons. The van der Waals surface area contributed by atoms with E-state index >= 15 is 0 Å². The molecule has 1 rings (SSSR count). The Bertz CT molecular complexity index is 253. The number of aliphatic carboxylic acids is 1. The molecule has 1 fully saturated rings. The van der Waals surface area contributed by atoms with Crippen LogP contribution in [0.1, 0.15) is 19.8 Å². The monoisotopic (exact) mass is 201 g/mol. The van der Waals surface area contributed by atoms with Gasteiger partial charge in [0.05, 0.1) is 0 Å². The second kappa shape index (κ2) is 3.96. The molecule has 5 nitrogen and oxygen atoms in total. The maximum Gasteiger partial charge on any atom is 0.326 e. The minimum atomic E-state index is -0.977. The summed E-state index contributed by atoms with van der Waals surface area (Å²) < 4.78 is 4.90. The molecule has 1 aliphatic heterocycles. The predicted octanol–water partition coefficient (Wildman–Crippen LogP) is 0.00230. The first-order valence-electron chi connectivity index (χ1n) is 4.51. The second-order valence-corrected chi connectivity index (χ2v) is 3.91. The average molecular weight is 201 g/mol. The van der Waals surface area contributed by atoms with Crippen LogP contribution in [0.4, 0.5) is 0 Å². The molecule has 2 N–H and O–H groups in total. The predicted molar refractivity (Wildman–Crippen MR) is 48.8 cm³/mol. The van der Waals surface area contributed by atoms with Crippen molar-refractivity contribution in [2.24, 2.45) is 5.41 Å². The van der Waals surface area contributed by atoms with E-state index in [2.05, 4.69) is 5.32 Å². The van der Waals surface area contributed by atoms with Crippen molar-refractivity contribution >= 4 is 11.9 Å². The van der Waals surface area contributed by atoms with Gasteiger partial charge in [-0.15, -0.1) is 0 Å². The topological polar surface area (TPSA) is 75.6 Å². The molecule has 0 aliphatic carbocycles. The number of nitrogens with one attached hydrogen (secondary N) is 1. The lowest BCUT2D eigenvalue weighted by atomic mass is 9.79. The first kappa shape index (κ1) is 11.0. The molecule has 0 bridgehead atoms. The highest BCUT2D eigenvalue weighted by atomic mass is 16.5. The first-order valence-corrected chi connectivity index (χ1v) is 4.51. The van der Waals surface area contributed by atoms with Crippen molar-refractivity contribution in [2.45, 2.75) is 25.8 Å². The fraction of sp³-hybridized carbons (Fsp3) is 0.778. The molecular formula is C9H15NO4. The van der Waals surface area contributed by atoms with Crippen LogP contribution in [0.2, 0.25) is 0 Å². The van der Waals surface area contributed by atoms with Crippen molar-refractivity contribution in [3.05, 3.63) is 0 Å². The zero-order valence-corrected chi connectivity index (χ0v) is 8.37. The summed E-state index contributed by atoms with van der Waals surface area (Å²) in [5.41, 5.74) is -0.529. The minimum Gasteiger partial charge on any atom is -0.480 e. The van der Waals surface area contributed by atoms with Gasteiger partial charge in [-0.3, -0.25) is 4.79 Å². The van der Waals surface area contributed by atoms with Crippen LogP contribution in [0.15, 0.2) is 0 Å². The van der Waals surface area contributed by atoms with Gasteiger partial charge in [0.25, 0.3) is 0 Å². The van der Waals surface area contributed by atoms with Gasteiger partial charge >= 0.3 is 5.97 Å². The van der Waals surface area contributed by atoms with Crippen LogP contribution in [-0.2, 0) is 14.3 Å². The summed E-state index contributed by atoms with van der Waals surface area (Å²) >= 11 is 0. The number of carbonyl (C=O) groups is 2. The Morgan fingerprint density at radius 1 is 1.79 bits per heavy atom. The lowest BCUT2D eigenvalue weighted by Gasteiger charge is -2.26. The third-order valence-electron chi connectivity index (χ3n) is 2.69. The average Bonchev–Trinajstić information content (AvgIpc) is 2.39. The van der Waals surface area contributed by atoms with Crippen LogP contribution in [0, 0.1) is 5.41 Å². The van der Waals surface area contributed by atoms with Crippen molar-refractivity contribution in [3.8, 4) is 0 Å². The van der Waals surface area contributed by atoms with E-state index in [0.29, 0.717) is 13.0 Å². The molecule has 1 aliphatic rings. The highest BCUT2D eigenvalue weighted by Crippen LogP contribution is 2.35. The molecule has 1 amide bonds. The van der Waals surface area contributed by atoms with Gasteiger partial charge in [-0.25, -0.2) is 4.79 Å². The standard InChI is InChI=1S/C9H15NO4/c1-9(3-4-14-2)5-6(11)10-7(9)8(12)13/h7H,3-5H2,1-2H3,(H,10,11)(H,12,13). The minimum absolute atomic E-state index is 0.198. The summed E-state index contributed by atoms with van der Waals surface area (Å²) in [6, 6.07) is -0.787. The van der Waals surface area contributed by atoms with E-state index in [-0.39, 0.29) is 12.3 Å². The van der Waals surface area contributed by atoms with Crippen LogP contribution in [0.5, 0.6) is 0 Å². The molecule has 0 aromatic rings. The number of carboxylic acids is 1. The van der Waals surface area contributed by atoms with Crippen LogP contribution in [0.25, 0.3) is 0 Å². The number of amides is 1. The number of carbonyl (C=O) groups excluding carboxylic acids is 1. The van der Waals surface area contributed by atoms with Gasteiger partial charge in [0, 0.05) is 25.6 Å². The SMILES string of the molecule is COCCC1(C)CC(=O)NC1C(=O)O. The van der Waals surface area contributed by atoms with E-state index in [1.807, 2.05) is 0 Å². The molecule has 0 spiro atoms. The zero-order valence-electron chi connectivity index (χ0n) is 8.37. The van der Waals surface area contributed by atoms with Crippen molar-refractivity contribution in [1.29, 1.82) is 0 Å². The van der Waals surface area contributed by atoms with E-state index in [0.717, 1.165) is 0 Å². The first-order chi connectivity index (χ1) is 6.49. The van der Waals surface area contributed by atoms with E-state index < -0.39 is 17.4 Å². The van der Waals surface area contributed by atoms with Crippen molar-refractivity contribution in [1.82, 2.24) is 5.32 Å². The Balaban J connectivity index is 2.72. The molecule has 0 aromatic heterocycles. The smallest absolute Gasteiger partial charge is 0.326 e. The Labute approximate surface area is 82.4 Å². The Morgan fingerprint density at radius 2 is 2.43 bits per heavy atom. The van der Waals surface area contributed by atoms with Crippen molar-refractivity contribution in [2.75, 3.05) is 13.7 Å². The molecule has 14 heavy (non-hydrogen) atoms. The summed E-state index contributed by atoms with van der Waals surface area (Å²) in [5.74, 6) is -1.18. The Kier molecular flexibility index (Phi) is 3.10. The molecule has 0 radical (unpaired) electrons.